The lowest BCUT2D eigenvalue weighted by Gasteiger charge is -2.29. The summed E-state index contributed by atoms with van der Waals surface area (Å²) in [4.78, 5) is 0. The Morgan fingerprint density at radius 3 is 2.92 bits per heavy atom. The molecule has 2 aliphatic rings. The van der Waals surface area contributed by atoms with Crippen LogP contribution in [0.5, 0.6) is 0 Å². The lowest BCUT2D eigenvalue weighted by Crippen LogP contribution is -2.37. The highest BCUT2D eigenvalue weighted by Gasteiger charge is 2.36. The maximum Gasteiger partial charge on any atom is 0.0196 e. The monoisotopic (exact) mass is 168 g/mol. The van der Waals surface area contributed by atoms with Crippen LogP contribution < -0.4 is 11.1 Å². The Bertz CT molecular complexity index is 158. The third kappa shape index (κ3) is 1.50. The SMILES string of the molecule is CC1CCC2NC(CN)CC2C1. The molecule has 0 aromatic rings. The molecule has 2 fully saturated rings. The number of nitrogens with two attached hydrogens (primary N) is 1. The lowest BCUT2D eigenvalue weighted by atomic mass is 9.79. The summed E-state index contributed by atoms with van der Waals surface area (Å²) in [5.41, 5.74) is 5.66. The van der Waals surface area contributed by atoms with E-state index < -0.39 is 0 Å². The topological polar surface area (TPSA) is 38.0 Å². The molecule has 0 aromatic carbocycles. The smallest absolute Gasteiger partial charge is 0.0196 e. The summed E-state index contributed by atoms with van der Waals surface area (Å²) in [6.45, 7) is 3.20. The van der Waals surface area contributed by atoms with E-state index in [1.807, 2.05) is 0 Å². The van der Waals surface area contributed by atoms with Crippen LogP contribution in [0.15, 0.2) is 0 Å². The van der Waals surface area contributed by atoms with E-state index in [1.54, 1.807) is 0 Å². The molecule has 12 heavy (non-hydrogen) atoms. The quantitative estimate of drug-likeness (QED) is 0.615. The molecule has 1 aliphatic heterocycles. The van der Waals surface area contributed by atoms with Gasteiger partial charge in [0.1, 0.15) is 0 Å². The largest absolute Gasteiger partial charge is 0.329 e. The van der Waals surface area contributed by atoms with Crippen molar-refractivity contribution >= 4 is 0 Å². The van der Waals surface area contributed by atoms with Gasteiger partial charge in [-0.25, -0.2) is 0 Å². The van der Waals surface area contributed by atoms with Gasteiger partial charge in [-0.05, 0) is 37.5 Å². The summed E-state index contributed by atoms with van der Waals surface area (Å²) in [6.07, 6.45) is 5.54. The lowest BCUT2D eigenvalue weighted by molar-refractivity contribution is 0.259. The first-order chi connectivity index (χ1) is 5.79. The first-order valence-corrected chi connectivity index (χ1v) is 5.25. The molecule has 1 heterocycles. The van der Waals surface area contributed by atoms with Crippen LogP contribution in [0.25, 0.3) is 0 Å². The molecule has 0 spiro atoms. The average Bonchev–Trinajstić information content (AvgIpc) is 2.46. The molecule has 1 aliphatic carbocycles. The summed E-state index contributed by atoms with van der Waals surface area (Å²) >= 11 is 0. The summed E-state index contributed by atoms with van der Waals surface area (Å²) in [5, 5.41) is 3.64. The Labute approximate surface area is 74.9 Å². The van der Waals surface area contributed by atoms with Gasteiger partial charge in [0.05, 0.1) is 0 Å². The van der Waals surface area contributed by atoms with Crippen molar-refractivity contribution in [1.82, 2.24) is 5.32 Å². The molecule has 4 unspecified atom stereocenters. The van der Waals surface area contributed by atoms with Gasteiger partial charge in [-0.3, -0.25) is 0 Å². The highest BCUT2D eigenvalue weighted by molar-refractivity contribution is 4.94. The zero-order chi connectivity index (χ0) is 8.55. The normalized spacial score (nSPS) is 47.5. The molecule has 1 saturated heterocycles. The first-order valence-electron chi connectivity index (χ1n) is 5.25. The van der Waals surface area contributed by atoms with E-state index in [0.717, 1.165) is 24.4 Å². The fourth-order valence-corrected chi connectivity index (χ4v) is 2.88. The minimum Gasteiger partial charge on any atom is -0.329 e. The number of hydrogen-bond donors (Lipinski definition) is 2. The van der Waals surface area contributed by atoms with Crippen LogP contribution in [-0.2, 0) is 0 Å². The zero-order valence-electron chi connectivity index (χ0n) is 7.92. The molecule has 70 valence electrons. The fraction of sp³-hybridized carbons (Fsp3) is 1.00. The zero-order valence-corrected chi connectivity index (χ0v) is 7.92. The Morgan fingerprint density at radius 1 is 1.33 bits per heavy atom. The highest BCUT2D eigenvalue weighted by Crippen LogP contribution is 2.35. The van der Waals surface area contributed by atoms with Crippen molar-refractivity contribution in [2.75, 3.05) is 6.54 Å². The minimum absolute atomic E-state index is 0.616. The first kappa shape index (κ1) is 8.52. The van der Waals surface area contributed by atoms with Gasteiger partial charge in [0.25, 0.3) is 0 Å². The summed E-state index contributed by atoms with van der Waals surface area (Å²) in [5.74, 6) is 1.88. The van der Waals surface area contributed by atoms with Crippen molar-refractivity contribution in [1.29, 1.82) is 0 Å². The Balaban J connectivity index is 1.93. The molecule has 0 bridgehead atoms. The van der Waals surface area contributed by atoms with Crippen molar-refractivity contribution < 1.29 is 0 Å². The second-order valence-electron chi connectivity index (χ2n) is 4.62. The number of nitrogens with one attached hydrogen (secondary N) is 1. The van der Waals surface area contributed by atoms with Crippen molar-refractivity contribution in [3.8, 4) is 0 Å². The second-order valence-corrected chi connectivity index (χ2v) is 4.62. The molecule has 0 aromatic heterocycles. The molecule has 0 amide bonds. The molecule has 2 rings (SSSR count). The standard InChI is InChI=1S/C10H20N2/c1-7-2-3-10-8(4-7)5-9(6-11)12-10/h7-10,12H,2-6,11H2,1H3. The van der Waals surface area contributed by atoms with Crippen LogP contribution in [0, 0.1) is 11.8 Å². The molecule has 4 atom stereocenters. The summed E-state index contributed by atoms with van der Waals surface area (Å²) < 4.78 is 0. The minimum atomic E-state index is 0.616. The Hall–Kier alpha value is -0.0800. The van der Waals surface area contributed by atoms with Gasteiger partial charge in [0.2, 0.25) is 0 Å². The fourth-order valence-electron chi connectivity index (χ4n) is 2.88. The molecule has 1 saturated carbocycles. The third-order valence-corrected chi connectivity index (χ3v) is 3.57. The van der Waals surface area contributed by atoms with E-state index in [9.17, 15) is 0 Å². The maximum atomic E-state index is 5.66. The Kier molecular flexibility index (Phi) is 2.37. The predicted molar refractivity (Wildman–Crippen MR) is 50.9 cm³/mol. The highest BCUT2D eigenvalue weighted by atomic mass is 15.0. The summed E-state index contributed by atoms with van der Waals surface area (Å²) in [6, 6.07) is 1.42. The Morgan fingerprint density at radius 2 is 2.17 bits per heavy atom. The number of rotatable bonds is 1. The van der Waals surface area contributed by atoms with E-state index >= 15 is 0 Å². The van der Waals surface area contributed by atoms with Gasteiger partial charge in [-0.15, -0.1) is 0 Å². The van der Waals surface area contributed by atoms with Gasteiger partial charge < -0.3 is 11.1 Å². The van der Waals surface area contributed by atoms with Crippen molar-refractivity contribution in [2.45, 2.75) is 44.7 Å². The van der Waals surface area contributed by atoms with E-state index in [-0.39, 0.29) is 0 Å². The number of fused-ring (bicyclic) bond motifs is 1. The predicted octanol–water partition coefficient (Wildman–Crippen LogP) is 1.11. The average molecular weight is 168 g/mol. The van der Waals surface area contributed by atoms with Gasteiger partial charge >= 0.3 is 0 Å². The van der Waals surface area contributed by atoms with Crippen LogP contribution >= 0.6 is 0 Å². The van der Waals surface area contributed by atoms with E-state index in [0.29, 0.717) is 6.04 Å². The van der Waals surface area contributed by atoms with Crippen molar-refractivity contribution in [2.24, 2.45) is 17.6 Å². The van der Waals surface area contributed by atoms with Crippen LogP contribution in [0.2, 0.25) is 0 Å². The molecule has 2 nitrogen and oxygen atoms in total. The van der Waals surface area contributed by atoms with Crippen LogP contribution in [0.4, 0.5) is 0 Å². The molecule has 2 heteroatoms. The second kappa shape index (κ2) is 3.35. The molecular weight excluding hydrogens is 148 g/mol. The van der Waals surface area contributed by atoms with Crippen molar-refractivity contribution in [3.05, 3.63) is 0 Å². The van der Waals surface area contributed by atoms with Gasteiger partial charge in [-0.1, -0.05) is 6.92 Å². The van der Waals surface area contributed by atoms with Crippen molar-refractivity contribution in [3.63, 3.8) is 0 Å². The van der Waals surface area contributed by atoms with Gasteiger partial charge in [0.15, 0.2) is 0 Å². The van der Waals surface area contributed by atoms with E-state index in [1.165, 1.54) is 25.7 Å². The van der Waals surface area contributed by atoms with Crippen LogP contribution in [-0.4, -0.2) is 18.6 Å². The summed E-state index contributed by atoms with van der Waals surface area (Å²) in [7, 11) is 0. The third-order valence-electron chi connectivity index (χ3n) is 3.57. The maximum absolute atomic E-state index is 5.66. The van der Waals surface area contributed by atoms with Gasteiger partial charge in [-0.2, -0.15) is 0 Å². The van der Waals surface area contributed by atoms with E-state index in [2.05, 4.69) is 12.2 Å². The molecule has 0 radical (unpaired) electrons. The number of hydrogen-bond acceptors (Lipinski definition) is 2. The van der Waals surface area contributed by atoms with Crippen LogP contribution in [0.3, 0.4) is 0 Å². The van der Waals surface area contributed by atoms with E-state index in [4.69, 9.17) is 5.73 Å². The molecular formula is C10H20N2. The molecule has 3 N–H and O–H groups in total. The van der Waals surface area contributed by atoms with Crippen LogP contribution in [0.1, 0.15) is 32.6 Å². The van der Waals surface area contributed by atoms with Gasteiger partial charge in [0, 0.05) is 18.6 Å².